The number of rotatable bonds is 6. The average molecular weight is 442 g/mol. The molecule has 8 heteroatoms. The fraction of sp³-hybridized carbons (Fsp3) is 0.0500. The second-order valence-electron chi connectivity index (χ2n) is 6.02. The van der Waals surface area contributed by atoms with Crippen LogP contribution in [0.5, 0.6) is 5.75 Å². The Morgan fingerprint density at radius 3 is 2.11 bits per heavy atom. The van der Waals surface area contributed by atoms with Crippen LogP contribution >= 0.6 is 15.9 Å². The van der Waals surface area contributed by atoms with Gasteiger partial charge in [-0.15, -0.1) is 0 Å². The number of benzene rings is 3. The number of nitrogens with two attached hydrogens (primary N) is 2. The Morgan fingerprint density at radius 2 is 1.46 bits per heavy atom. The summed E-state index contributed by atoms with van der Waals surface area (Å²) in [5.41, 5.74) is 10.8. The lowest BCUT2D eigenvalue weighted by Crippen LogP contribution is -2.22. The zero-order chi connectivity index (χ0) is 20.3. The van der Waals surface area contributed by atoms with Gasteiger partial charge in [-0.1, -0.05) is 28.1 Å². The molecule has 3 rings (SSSR count). The average Bonchev–Trinajstić information content (AvgIpc) is 2.66. The van der Waals surface area contributed by atoms with Crippen LogP contribution in [0.1, 0.15) is 20.7 Å². The third-order valence-corrected chi connectivity index (χ3v) is 4.42. The van der Waals surface area contributed by atoms with Gasteiger partial charge in [-0.25, -0.2) is 0 Å². The van der Waals surface area contributed by atoms with Crippen LogP contribution in [0.15, 0.2) is 59.1 Å². The van der Waals surface area contributed by atoms with Crippen molar-refractivity contribution in [2.45, 2.75) is 0 Å². The quantitative estimate of drug-likeness (QED) is 0.543. The SMILES string of the molecule is NC(=O)c1cc(NC(=O)COc2ccc3cc(Br)ccc3c2)cc(C(N)=O)c1. The molecule has 5 N–H and O–H groups in total. The maximum atomic E-state index is 12.2. The fourth-order valence-electron chi connectivity index (χ4n) is 2.61. The van der Waals surface area contributed by atoms with E-state index in [2.05, 4.69) is 21.2 Å². The van der Waals surface area contributed by atoms with E-state index in [1.807, 2.05) is 30.3 Å². The zero-order valence-electron chi connectivity index (χ0n) is 14.6. The summed E-state index contributed by atoms with van der Waals surface area (Å²) in [5, 5.41) is 4.57. The van der Waals surface area contributed by atoms with Crippen molar-refractivity contribution in [2.75, 3.05) is 11.9 Å². The van der Waals surface area contributed by atoms with Gasteiger partial charge in [0.25, 0.3) is 5.91 Å². The summed E-state index contributed by atoms with van der Waals surface area (Å²) in [7, 11) is 0. The molecule has 3 amide bonds. The molecule has 142 valence electrons. The highest BCUT2D eigenvalue weighted by Gasteiger charge is 2.11. The smallest absolute Gasteiger partial charge is 0.262 e. The van der Waals surface area contributed by atoms with Gasteiger partial charge in [0.1, 0.15) is 5.75 Å². The summed E-state index contributed by atoms with van der Waals surface area (Å²) >= 11 is 3.42. The molecular weight excluding hydrogens is 426 g/mol. The first-order valence-electron chi connectivity index (χ1n) is 8.18. The maximum absolute atomic E-state index is 12.2. The van der Waals surface area contributed by atoms with Crippen molar-refractivity contribution in [3.63, 3.8) is 0 Å². The largest absolute Gasteiger partial charge is 0.484 e. The molecule has 0 spiro atoms. The number of carbonyl (C=O) groups excluding carboxylic acids is 3. The van der Waals surface area contributed by atoms with Gasteiger partial charge in [-0.2, -0.15) is 0 Å². The summed E-state index contributed by atoms with van der Waals surface area (Å²) in [6, 6.07) is 15.3. The van der Waals surface area contributed by atoms with E-state index in [1.165, 1.54) is 18.2 Å². The lowest BCUT2D eigenvalue weighted by Gasteiger charge is -2.10. The Morgan fingerprint density at radius 1 is 0.857 bits per heavy atom. The van der Waals surface area contributed by atoms with Crippen LogP contribution in [0.4, 0.5) is 5.69 Å². The lowest BCUT2D eigenvalue weighted by atomic mass is 10.1. The van der Waals surface area contributed by atoms with E-state index in [0.717, 1.165) is 15.2 Å². The van der Waals surface area contributed by atoms with Crippen LogP contribution in [-0.2, 0) is 4.79 Å². The van der Waals surface area contributed by atoms with Crippen LogP contribution in [0.2, 0.25) is 0 Å². The van der Waals surface area contributed by atoms with Crippen molar-refractivity contribution in [3.8, 4) is 5.75 Å². The molecule has 0 aliphatic carbocycles. The minimum Gasteiger partial charge on any atom is -0.484 e. The van der Waals surface area contributed by atoms with Crippen molar-refractivity contribution in [3.05, 3.63) is 70.2 Å². The summed E-state index contributed by atoms with van der Waals surface area (Å²) in [5.74, 6) is -1.41. The number of halogens is 1. The number of ether oxygens (including phenoxy) is 1. The lowest BCUT2D eigenvalue weighted by molar-refractivity contribution is -0.118. The molecule has 0 aliphatic heterocycles. The van der Waals surface area contributed by atoms with Crippen LogP contribution in [-0.4, -0.2) is 24.3 Å². The molecule has 0 radical (unpaired) electrons. The Labute approximate surface area is 168 Å². The number of carbonyl (C=O) groups is 3. The van der Waals surface area contributed by atoms with Gasteiger partial charge in [-0.05, 0) is 53.2 Å². The number of anilines is 1. The van der Waals surface area contributed by atoms with Crippen LogP contribution < -0.4 is 21.5 Å². The summed E-state index contributed by atoms with van der Waals surface area (Å²) < 4.78 is 6.50. The van der Waals surface area contributed by atoms with E-state index in [1.54, 1.807) is 6.07 Å². The topological polar surface area (TPSA) is 125 Å². The van der Waals surface area contributed by atoms with Crippen molar-refractivity contribution < 1.29 is 19.1 Å². The molecule has 0 saturated carbocycles. The highest BCUT2D eigenvalue weighted by molar-refractivity contribution is 9.10. The molecule has 3 aromatic rings. The van der Waals surface area contributed by atoms with E-state index >= 15 is 0 Å². The van der Waals surface area contributed by atoms with Gasteiger partial charge in [0.05, 0.1) is 0 Å². The molecule has 0 aliphatic rings. The van der Waals surface area contributed by atoms with Gasteiger partial charge in [0, 0.05) is 21.3 Å². The molecule has 0 saturated heterocycles. The third-order valence-electron chi connectivity index (χ3n) is 3.93. The second kappa shape index (κ2) is 8.10. The first-order valence-corrected chi connectivity index (χ1v) is 8.98. The maximum Gasteiger partial charge on any atom is 0.262 e. The van der Waals surface area contributed by atoms with E-state index in [0.29, 0.717) is 5.75 Å². The third kappa shape index (κ3) is 4.66. The Kier molecular flexibility index (Phi) is 5.60. The van der Waals surface area contributed by atoms with E-state index in [4.69, 9.17) is 16.2 Å². The molecule has 0 heterocycles. The van der Waals surface area contributed by atoms with E-state index in [9.17, 15) is 14.4 Å². The van der Waals surface area contributed by atoms with Gasteiger partial charge in [0.2, 0.25) is 11.8 Å². The van der Waals surface area contributed by atoms with Gasteiger partial charge >= 0.3 is 0 Å². The molecule has 3 aromatic carbocycles. The van der Waals surface area contributed by atoms with E-state index in [-0.39, 0.29) is 23.4 Å². The van der Waals surface area contributed by atoms with Crippen molar-refractivity contribution in [1.29, 1.82) is 0 Å². The molecule has 0 atom stereocenters. The number of fused-ring (bicyclic) bond motifs is 1. The Balaban J connectivity index is 1.69. The normalized spacial score (nSPS) is 10.5. The summed E-state index contributed by atoms with van der Waals surface area (Å²) in [4.78, 5) is 34.9. The second-order valence-corrected chi connectivity index (χ2v) is 6.93. The number of primary amides is 2. The molecule has 0 unspecified atom stereocenters. The molecular formula is C20H16BrN3O4. The number of nitrogens with one attached hydrogen (secondary N) is 1. The summed E-state index contributed by atoms with van der Waals surface area (Å²) in [6.45, 7) is -0.255. The highest BCUT2D eigenvalue weighted by Crippen LogP contribution is 2.24. The van der Waals surface area contributed by atoms with Gasteiger partial charge < -0.3 is 21.5 Å². The first kappa shape index (κ1) is 19.4. The fourth-order valence-corrected chi connectivity index (χ4v) is 2.99. The summed E-state index contributed by atoms with van der Waals surface area (Å²) in [6.07, 6.45) is 0. The minimum atomic E-state index is -0.738. The standard InChI is InChI=1S/C20H16BrN3O4/c21-15-3-1-12-9-17(4-2-11(12)6-15)28-10-18(25)24-16-7-13(19(22)26)5-14(8-16)20(23)27/h1-9H,10H2,(H2,22,26)(H2,23,27)(H,24,25). The van der Waals surface area contributed by atoms with Gasteiger partial charge in [0.15, 0.2) is 6.61 Å². The number of amides is 3. The van der Waals surface area contributed by atoms with Crippen molar-refractivity contribution in [1.82, 2.24) is 0 Å². The number of hydrogen-bond acceptors (Lipinski definition) is 4. The number of hydrogen-bond donors (Lipinski definition) is 3. The first-order chi connectivity index (χ1) is 13.3. The predicted octanol–water partition coefficient (Wildman–Crippen LogP) is 2.82. The Bertz CT molecular complexity index is 1070. The monoisotopic (exact) mass is 441 g/mol. The van der Waals surface area contributed by atoms with Crippen LogP contribution in [0.25, 0.3) is 10.8 Å². The molecule has 0 fully saturated rings. The van der Waals surface area contributed by atoms with Gasteiger partial charge in [-0.3, -0.25) is 14.4 Å². The molecule has 0 bridgehead atoms. The minimum absolute atomic E-state index is 0.0632. The zero-order valence-corrected chi connectivity index (χ0v) is 16.2. The molecule has 7 nitrogen and oxygen atoms in total. The molecule has 0 aromatic heterocycles. The predicted molar refractivity (Wildman–Crippen MR) is 109 cm³/mol. The van der Waals surface area contributed by atoms with Crippen molar-refractivity contribution in [2.24, 2.45) is 11.5 Å². The molecule has 28 heavy (non-hydrogen) atoms. The van der Waals surface area contributed by atoms with Crippen LogP contribution in [0.3, 0.4) is 0 Å². The highest BCUT2D eigenvalue weighted by atomic mass is 79.9. The Hall–Kier alpha value is -3.39. The van der Waals surface area contributed by atoms with Crippen molar-refractivity contribution >= 4 is 50.1 Å². The van der Waals surface area contributed by atoms with Crippen LogP contribution in [0, 0.1) is 0 Å². The van der Waals surface area contributed by atoms with E-state index < -0.39 is 17.7 Å².